The average Bonchev–Trinajstić information content (AvgIpc) is 2.75. The quantitative estimate of drug-likeness (QED) is 0.521. The van der Waals surface area contributed by atoms with Crippen LogP contribution in [0.25, 0.3) is 27.8 Å². The Morgan fingerprint density at radius 1 is 0.931 bits per heavy atom. The summed E-state index contributed by atoms with van der Waals surface area (Å²) in [5.74, 6) is -0.257. The van der Waals surface area contributed by atoms with Gasteiger partial charge in [-0.3, -0.25) is 9.59 Å². The monoisotopic (exact) mass is 380 g/mol. The molecule has 5 rings (SSSR count). The number of carbonyl (C=O) groups is 1. The second-order valence-electron chi connectivity index (χ2n) is 7.40. The summed E-state index contributed by atoms with van der Waals surface area (Å²) in [7, 11) is 0. The number of para-hydroxylation sites is 1. The Morgan fingerprint density at radius 2 is 1.76 bits per heavy atom. The predicted molar refractivity (Wildman–Crippen MR) is 118 cm³/mol. The van der Waals surface area contributed by atoms with Crippen molar-refractivity contribution in [2.45, 2.75) is 19.4 Å². The van der Waals surface area contributed by atoms with E-state index in [-0.39, 0.29) is 11.5 Å². The van der Waals surface area contributed by atoms with E-state index >= 15 is 0 Å². The molecule has 4 nitrogen and oxygen atoms in total. The fraction of sp³-hybridized carbons (Fsp3) is 0.120. The molecule has 0 fully saturated rings. The molecule has 1 N–H and O–H groups in total. The molecule has 2 heterocycles. The highest BCUT2D eigenvalue weighted by Gasteiger charge is 2.15. The van der Waals surface area contributed by atoms with E-state index in [1.807, 2.05) is 65.2 Å². The first-order valence-corrected chi connectivity index (χ1v) is 9.82. The highest BCUT2D eigenvalue weighted by atomic mass is 16.1. The molecule has 1 aliphatic rings. The zero-order valence-corrected chi connectivity index (χ0v) is 15.9. The topological polar surface area (TPSA) is 51.1 Å². The van der Waals surface area contributed by atoms with Crippen molar-refractivity contribution in [1.82, 2.24) is 4.57 Å². The Morgan fingerprint density at radius 3 is 2.66 bits per heavy atom. The fourth-order valence-corrected chi connectivity index (χ4v) is 4.12. The lowest BCUT2D eigenvalue weighted by molar-refractivity contribution is -0.111. The molecule has 142 valence electrons. The molecule has 0 radical (unpaired) electrons. The number of nitrogens with zero attached hydrogens (tertiary/aromatic N) is 1. The number of fused-ring (bicyclic) bond motifs is 1. The van der Waals surface area contributed by atoms with Crippen LogP contribution < -0.4 is 10.9 Å². The summed E-state index contributed by atoms with van der Waals surface area (Å²) in [5.41, 5.74) is 3.47. The Kier molecular flexibility index (Phi) is 4.24. The minimum absolute atomic E-state index is 0.0422. The predicted octanol–water partition coefficient (Wildman–Crippen LogP) is 4.75. The van der Waals surface area contributed by atoms with Crippen molar-refractivity contribution in [1.29, 1.82) is 0 Å². The zero-order chi connectivity index (χ0) is 19.8. The van der Waals surface area contributed by atoms with E-state index in [0.29, 0.717) is 5.56 Å². The van der Waals surface area contributed by atoms with Gasteiger partial charge in [0.2, 0.25) is 5.91 Å². The molecular weight excluding hydrogens is 360 g/mol. The molecule has 0 unspecified atom stereocenters. The van der Waals surface area contributed by atoms with E-state index in [2.05, 4.69) is 11.4 Å². The van der Waals surface area contributed by atoms with Crippen LogP contribution in [0.15, 0.2) is 77.6 Å². The standard InChI is InChI=1S/C25H20N2O2/c28-23(26-22-12-10-17-5-1-2-6-19(17)16-22)13-11-21-15-20-8-3-7-18-9-4-14-27(24(18)20)25(21)29/h1-3,5-8,10-13,15-16H,4,9,14H2,(H,26,28)/b13-11+. The fourth-order valence-electron chi connectivity index (χ4n) is 4.12. The number of carbonyl (C=O) groups excluding carboxylic acids is 1. The van der Waals surface area contributed by atoms with Gasteiger partial charge in [-0.15, -0.1) is 0 Å². The van der Waals surface area contributed by atoms with Gasteiger partial charge >= 0.3 is 0 Å². The molecular formula is C25H20N2O2. The van der Waals surface area contributed by atoms with Crippen molar-refractivity contribution >= 4 is 39.3 Å². The Hall–Kier alpha value is -3.66. The Balaban J connectivity index is 1.43. The second kappa shape index (κ2) is 7.06. The molecule has 0 spiro atoms. The first kappa shape index (κ1) is 17.4. The van der Waals surface area contributed by atoms with Gasteiger partial charge in [0.25, 0.3) is 5.56 Å². The number of hydrogen-bond acceptors (Lipinski definition) is 2. The van der Waals surface area contributed by atoms with Gasteiger partial charge in [0.05, 0.1) is 5.52 Å². The summed E-state index contributed by atoms with van der Waals surface area (Å²) in [6.07, 6.45) is 5.00. The number of anilines is 1. The van der Waals surface area contributed by atoms with Gasteiger partial charge in [-0.05, 0) is 58.8 Å². The van der Waals surface area contributed by atoms with E-state index in [1.165, 1.54) is 11.6 Å². The van der Waals surface area contributed by atoms with Crippen LogP contribution in [0.5, 0.6) is 0 Å². The third-order valence-electron chi connectivity index (χ3n) is 5.48. The molecule has 0 saturated carbocycles. The highest BCUT2D eigenvalue weighted by molar-refractivity contribution is 6.03. The van der Waals surface area contributed by atoms with Crippen molar-refractivity contribution < 1.29 is 4.79 Å². The van der Waals surface area contributed by atoms with Crippen LogP contribution in [0.3, 0.4) is 0 Å². The van der Waals surface area contributed by atoms with E-state index in [4.69, 9.17) is 0 Å². The molecule has 1 aromatic heterocycles. The molecule has 0 atom stereocenters. The number of aromatic nitrogens is 1. The minimum atomic E-state index is -0.257. The third kappa shape index (κ3) is 3.23. The first-order valence-electron chi connectivity index (χ1n) is 9.82. The number of rotatable bonds is 3. The molecule has 0 saturated heterocycles. The van der Waals surface area contributed by atoms with Crippen LogP contribution >= 0.6 is 0 Å². The third-order valence-corrected chi connectivity index (χ3v) is 5.48. The number of hydrogen-bond donors (Lipinski definition) is 1. The van der Waals surface area contributed by atoms with Crippen LogP contribution in [-0.2, 0) is 17.8 Å². The lowest BCUT2D eigenvalue weighted by atomic mass is 10.00. The second-order valence-corrected chi connectivity index (χ2v) is 7.40. The molecule has 0 aliphatic carbocycles. The molecule has 3 aromatic carbocycles. The largest absolute Gasteiger partial charge is 0.322 e. The van der Waals surface area contributed by atoms with Crippen molar-refractivity contribution in [2.24, 2.45) is 0 Å². The van der Waals surface area contributed by atoms with Crippen LogP contribution in [0, 0.1) is 0 Å². The molecule has 1 aliphatic heterocycles. The molecule has 29 heavy (non-hydrogen) atoms. The summed E-state index contributed by atoms with van der Waals surface area (Å²) in [6.45, 7) is 0.720. The SMILES string of the molecule is O=C(/C=C/c1cc2cccc3c2n(c1=O)CCC3)Nc1ccc2ccccc2c1. The highest BCUT2D eigenvalue weighted by Crippen LogP contribution is 2.24. The maximum Gasteiger partial charge on any atom is 0.258 e. The Labute approximate surface area is 168 Å². The molecule has 0 bridgehead atoms. The van der Waals surface area contributed by atoms with Gasteiger partial charge in [-0.2, -0.15) is 0 Å². The first-order chi connectivity index (χ1) is 14.2. The normalized spacial score (nSPS) is 13.2. The minimum Gasteiger partial charge on any atom is -0.322 e. The van der Waals surface area contributed by atoms with Gasteiger partial charge in [0, 0.05) is 23.9 Å². The van der Waals surface area contributed by atoms with Crippen LogP contribution in [0.1, 0.15) is 17.5 Å². The summed E-state index contributed by atoms with van der Waals surface area (Å²) in [4.78, 5) is 25.3. The van der Waals surface area contributed by atoms with E-state index < -0.39 is 0 Å². The van der Waals surface area contributed by atoms with Crippen LogP contribution in [-0.4, -0.2) is 10.5 Å². The van der Waals surface area contributed by atoms with Crippen molar-refractivity contribution in [3.63, 3.8) is 0 Å². The summed E-state index contributed by atoms with van der Waals surface area (Å²) in [5, 5.41) is 6.10. The maximum absolute atomic E-state index is 12.9. The lowest BCUT2D eigenvalue weighted by Crippen LogP contribution is -2.26. The number of benzene rings is 3. The average molecular weight is 380 g/mol. The number of pyridine rings is 1. The molecule has 1 amide bonds. The van der Waals surface area contributed by atoms with Gasteiger partial charge in [-0.25, -0.2) is 0 Å². The summed E-state index contributed by atoms with van der Waals surface area (Å²) < 4.78 is 1.84. The Bertz CT molecular complexity index is 1350. The van der Waals surface area contributed by atoms with Crippen LogP contribution in [0.2, 0.25) is 0 Å². The van der Waals surface area contributed by atoms with Crippen LogP contribution in [0.4, 0.5) is 5.69 Å². The number of nitrogens with one attached hydrogen (secondary N) is 1. The number of aryl methyl sites for hydroxylation is 2. The maximum atomic E-state index is 12.9. The van der Waals surface area contributed by atoms with E-state index in [9.17, 15) is 9.59 Å². The van der Waals surface area contributed by atoms with Gasteiger partial charge < -0.3 is 9.88 Å². The molecule has 4 aromatic rings. The smallest absolute Gasteiger partial charge is 0.258 e. The van der Waals surface area contributed by atoms with Gasteiger partial charge in [0.1, 0.15) is 0 Å². The van der Waals surface area contributed by atoms with Crippen molar-refractivity contribution in [2.75, 3.05) is 5.32 Å². The number of amides is 1. The summed E-state index contributed by atoms with van der Waals surface area (Å²) in [6, 6.07) is 21.8. The lowest BCUT2D eigenvalue weighted by Gasteiger charge is -2.19. The van der Waals surface area contributed by atoms with Crippen molar-refractivity contribution in [3.05, 3.63) is 94.3 Å². The van der Waals surface area contributed by atoms with Crippen molar-refractivity contribution in [3.8, 4) is 0 Å². The van der Waals surface area contributed by atoms with E-state index in [1.54, 1.807) is 6.08 Å². The summed E-state index contributed by atoms with van der Waals surface area (Å²) >= 11 is 0. The van der Waals surface area contributed by atoms with E-state index in [0.717, 1.165) is 46.7 Å². The van der Waals surface area contributed by atoms with Gasteiger partial charge in [0.15, 0.2) is 0 Å². The van der Waals surface area contributed by atoms with Gasteiger partial charge in [-0.1, -0.05) is 48.5 Å². The molecule has 4 heteroatoms. The zero-order valence-electron chi connectivity index (χ0n) is 15.9.